The highest BCUT2D eigenvalue weighted by molar-refractivity contribution is 7.00. The summed E-state index contributed by atoms with van der Waals surface area (Å²) in [4.78, 5) is 13.1. The Bertz CT molecular complexity index is 3380. The molecule has 4 heterocycles. The molecule has 0 atom stereocenters. The number of rotatable bonds is 6. The predicted molar refractivity (Wildman–Crippen MR) is 285 cm³/mol. The summed E-state index contributed by atoms with van der Waals surface area (Å²) in [6, 6.07) is 75.7. The highest BCUT2D eigenvalue weighted by Crippen LogP contribution is 2.47. The Balaban J connectivity index is 1.15. The van der Waals surface area contributed by atoms with E-state index in [0.717, 1.165) is 56.9 Å². The van der Waals surface area contributed by atoms with Gasteiger partial charge in [0.05, 0.1) is 16.7 Å². The molecule has 324 valence electrons. The maximum absolute atomic E-state index is 5.89. The summed E-state index contributed by atoms with van der Waals surface area (Å²) in [5, 5.41) is 2.46. The number of benzene rings is 8. The van der Waals surface area contributed by atoms with E-state index in [-0.39, 0.29) is 17.5 Å². The molecule has 0 aliphatic carbocycles. The first kappa shape index (κ1) is 40.7. The van der Waals surface area contributed by atoms with Gasteiger partial charge < -0.3 is 9.47 Å². The summed E-state index contributed by atoms with van der Waals surface area (Å²) in [5.41, 5.74) is 17.4. The Kier molecular flexibility index (Phi) is 9.34. The highest BCUT2D eigenvalue weighted by atomic mass is 15.3. The maximum atomic E-state index is 5.89. The van der Waals surface area contributed by atoms with Gasteiger partial charge in [-0.1, -0.05) is 163 Å². The Hall–Kier alpha value is -7.83. The smallest absolute Gasteiger partial charge is 0.254 e. The van der Waals surface area contributed by atoms with E-state index in [9.17, 15) is 0 Å². The predicted octanol–water partition coefficient (Wildman–Crippen LogP) is 14.3. The van der Waals surface area contributed by atoms with Gasteiger partial charge in [0, 0.05) is 50.6 Å². The van der Waals surface area contributed by atoms with Crippen LogP contribution in [0.1, 0.15) is 52.7 Å². The van der Waals surface area contributed by atoms with Crippen LogP contribution < -0.4 is 31.1 Å². The number of hydrogen-bond donors (Lipinski definition) is 0. The van der Waals surface area contributed by atoms with Crippen molar-refractivity contribution in [1.29, 1.82) is 0 Å². The summed E-state index contributed by atoms with van der Waals surface area (Å²) < 4.78 is 2.45. The normalized spacial score (nSPS) is 13.1. The van der Waals surface area contributed by atoms with Gasteiger partial charge in [0.15, 0.2) is 0 Å². The fourth-order valence-electron chi connectivity index (χ4n) is 10.6. The number of hydrogen-bond acceptors (Lipinski definition) is 4. The molecule has 2 aliphatic rings. The van der Waals surface area contributed by atoms with E-state index in [1.165, 1.54) is 49.5 Å². The van der Waals surface area contributed by atoms with Gasteiger partial charge >= 0.3 is 0 Å². The van der Waals surface area contributed by atoms with Crippen molar-refractivity contribution in [2.24, 2.45) is 0 Å². The van der Waals surface area contributed by atoms with Gasteiger partial charge in [-0.25, -0.2) is 4.98 Å². The number of aromatic nitrogens is 2. The zero-order valence-electron chi connectivity index (χ0n) is 38.9. The zero-order chi connectivity index (χ0) is 45.6. The van der Waals surface area contributed by atoms with E-state index in [2.05, 4.69) is 267 Å². The number of nitrogens with zero attached hydrogens (tertiary/aromatic N) is 5. The van der Waals surface area contributed by atoms with Crippen LogP contribution in [0.4, 0.5) is 51.4 Å². The quantitative estimate of drug-likeness (QED) is 0.156. The van der Waals surface area contributed by atoms with Crippen LogP contribution in [-0.4, -0.2) is 16.3 Å². The maximum Gasteiger partial charge on any atom is 0.254 e. The van der Waals surface area contributed by atoms with Crippen molar-refractivity contribution in [3.05, 3.63) is 217 Å². The first-order valence-corrected chi connectivity index (χ1v) is 23.5. The molecule has 0 unspecified atom stereocenters. The van der Waals surface area contributed by atoms with E-state index < -0.39 is 0 Å². The monoisotopic (exact) mass is 865 g/mol. The lowest BCUT2D eigenvalue weighted by Crippen LogP contribution is -2.61. The minimum Gasteiger partial charge on any atom is -0.311 e. The summed E-state index contributed by atoms with van der Waals surface area (Å²) >= 11 is 0. The van der Waals surface area contributed by atoms with Gasteiger partial charge in [-0.05, 0) is 123 Å². The van der Waals surface area contributed by atoms with Crippen LogP contribution in [0, 0.1) is 0 Å². The molecular weight excluding hydrogens is 814 g/mol. The largest absolute Gasteiger partial charge is 0.311 e. The molecule has 6 heteroatoms. The third-order valence-electron chi connectivity index (χ3n) is 13.9. The Morgan fingerprint density at radius 1 is 0.418 bits per heavy atom. The average molecular weight is 866 g/mol. The van der Waals surface area contributed by atoms with Crippen molar-refractivity contribution in [2.45, 2.75) is 52.4 Å². The number of pyridine rings is 1. The standard InChI is InChI=1S/C61H52BN5/c1-60(2,3)41-29-33-45(34-30-41)64(46-35-31-42(32-36-46)61(4,5)6)57-38-37-51-59(63-57)67(44-21-11-8-12-22-44)56-40-47(66-52-26-16-13-23-48(52)49-24-14-17-27-53(49)66)39-55-58(56)62(51)50-25-15-18-28-54(50)65(55)43-19-9-7-10-20-43/h7-40H,1-6H3. The van der Waals surface area contributed by atoms with Gasteiger partial charge in [-0.2, -0.15) is 0 Å². The van der Waals surface area contributed by atoms with Gasteiger partial charge in [0.2, 0.25) is 0 Å². The third kappa shape index (κ3) is 6.65. The molecule has 0 saturated carbocycles. The highest BCUT2D eigenvalue weighted by Gasteiger charge is 2.44. The minimum atomic E-state index is -0.0875. The number of para-hydroxylation sites is 5. The van der Waals surface area contributed by atoms with Gasteiger partial charge in [0.25, 0.3) is 6.71 Å². The van der Waals surface area contributed by atoms with Crippen molar-refractivity contribution in [2.75, 3.05) is 14.7 Å². The van der Waals surface area contributed by atoms with Crippen molar-refractivity contribution in [1.82, 2.24) is 9.55 Å². The van der Waals surface area contributed by atoms with E-state index in [0.29, 0.717) is 0 Å². The van der Waals surface area contributed by atoms with Gasteiger partial charge in [0.1, 0.15) is 11.6 Å². The molecule has 12 rings (SSSR count). The van der Waals surface area contributed by atoms with Crippen molar-refractivity contribution in [3.8, 4) is 5.69 Å². The van der Waals surface area contributed by atoms with Crippen molar-refractivity contribution in [3.63, 3.8) is 0 Å². The molecule has 67 heavy (non-hydrogen) atoms. The molecule has 8 aromatic carbocycles. The Labute approximate surface area is 394 Å². The first-order valence-electron chi connectivity index (χ1n) is 23.5. The Morgan fingerprint density at radius 3 is 1.45 bits per heavy atom. The molecule has 0 bridgehead atoms. The van der Waals surface area contributed by atoms with E-state index in [4.69, 9.17) is 4.98 Å². The fourth-order valence-corrected chi connectivity index (χ4v) is 10.6. The van der Waals surface area contributed by atoms with Crippen LogP contribution >= 0.6 is 0 Å². The second-order valence-electron chi connectivity index (χ2n) is 20.1. The summed E-state index contributed by atoms with van der Waals surface area (Å²) in [7, 11) is 0. The molecule has 0 fully saturated rings. The number of anilines is 9. The van der Waals surface area contributed by atoms with Crippen LogP contribution in [0.25, 0.3) is 27.5 Å². The SMILES string of the molecule is CC(C)(C)c1ccc(N(c2ccc(C(C)(C)C)cc2)c2ccc3c(n2)N(c2ccccc2)c2cc(-n4c5ccccc5c5ccccc54)cc4c2B3c2ccccc2N4c2ccccc2)cc1. The molecule has 0 spiro atoms. The van der Waals surface area contributed by atoms with E-state index in [1.54, 1.807) is 0 Å². The lowest BCUT2D eigenvalue weighted by atomic mass is 9.33. The van der Waals surface area contributed by atoms with Crippen molar-refractivity contribution >= 4 is 96.4 Å². The van der Waals surface area contributed by atoms with Crippen LogP contribution in [0.15, 0.2) is 206 Å². The second-order valence-corrected chi connectivity index (χ2v) is 20.1. The average Bonchev–Trinajstić information content (AvgIpc) is 3.68. The van der Waals surface area contributed by atoms with E-state index in [1.807, 2.05) is 0 Å². The van der Waals surface area contributed by atoms with Crippen molar-refractivity contribution < 1.29 is 0 Å². The molecule has 10 aromatic rings. The molecule has 0 radical (unpaired) electrons. The van der Waals surface area contributed by atoms with Crippen LogP contribution in [-0.2, 0) is 10.8 Å². The first-order chi connectivity index (χ1) is 32.5. The molecule has 2 aliphatic heterocycles. The molecular formula is C61H52BN5. The second kappa shape index (κ2) is 15.4. The van der Waals surface area contributed by atoms with Gasteiger partial charge in [-0.15, -0.1) is 0 Å². The zero-order valence-corrected chi connectivity index (χ0v) is 38.9. The van der Waals surface area contributed by atoms with Gasteiger partial charge in [-0.3, -0.25) is 9.80 Å². The molecule has 2 aromatic heterocycles. The summed E-state index contributed by atoms with van der Waals surface area (Å²) in [6.07, 6.45) is 0. The number of fused-ring (bicyclic) bond motifs is 7. The lowest BCUT2D eigenvalue weighted by molar-refractivity contribution is 0.590. The van der Waals surface area contributed by atoms with E-state index >= 15 is 0 Å². The third-order valence-corrected chi connectivity index (χ3v) is 13.9. The minimum absolute atomic E-state index is 0.0225. The topological polar surface area (TPSA) is 27.5 Å². The Morgan fingerprint density at radius 2 is 0.896 bits per heavy atom. The molecule has 0 amide bonds. The van der Waals surface area contributed by atoms with Crippen LogP contribution in [0.3, 0.4) is 0 Å². The van der Waals surface area contributed by atoms with Crippen LogP contribution in [0.5, 0.6) is 0 Å². The molecule has 0 N–H and O–H groups in total. The molecule has 0 saturated heterocycles. The fraction of sp³-hybridized carbons (Fsp3) is 0.131. The summed E-state index contributed by atoms with van der Waals surface area (Å²) in [5.74, 6) is 1.76. The van der Waals surface area contributed by atoms with Crippen LogP contribution in [0.2, 0.25) is 0 Å². The summed E-state index contributed by atoms with van der Waals surface area (Å²) in [6.45, 7) is 13.5. The molecule has 5 nitrogen and oxygen atoms in total. The lowest BCUT2D eigenvalue weighted by Gasteiger charge is -2.44.